The third-order valence-corrected chi connectivity index (χ3v) is 4.40. The maximum Gasteiger partial charge on any atom is 0.321 e. The highest BCUT2D eigenvalue weighted by molar-refractivity contribution is 8.64. The molecular formula is C3H10NO2P3S. The Morgan fingerprint density at radius 2 is 2.50 bits per heavy atom. The highest BCUT2D eigenvalue weighted by Gasteiger charge is 2.13. The van der Waals surface area contributed by atoms with E-state index in [1.165, 1.54) is 0 Å². The zero-order valence-electron chi connectivity index (χ0n) is 5.20. The first kappa shape index (κ1) is 11.1. The molecular weight excluding hydrogens is 207 g/mol. The number of aliphatic carboxylic acids is 1. The van der Waals surface area contributed by atoms with Gasteiger partial charge in [-0.3, -0.25) is 9.88 Å². The lowest BCUT2D eigenvalue weighted by atomic mass is 10.4. The normalized spacial score (nSPS) is 14.2. The van der Waals surface area contributed by atoms with E-state index in [0.717, 1.165) is 0 Å². The third kappa shape index (κ3) is 4.82. The molecule has 0 saturated carbocycles. The molecule has 7 heteroatoms. The summed E-state index contributed by atoms with van der Waals surface area (Å²) in [5.74, 6) is -0.188. The molecule has 0 rings (SSSR count). The number of hydrogen-bond acceptors (Lipinski definition) is 3. The lowest BCUT2D eigenvalue weighted by Crippen LogP contribution is -2.32. The second-order valence-corrected chi connectivity index (χ2v) is 6.37. The molecule has 0 amide bonds. The number of carboxylic acids is 1. The predicted molar refractivity (Wildman–Crippen MR) is 54.8 cm³/mol. The van der Waals surface area contributed by atoms with Crippen LogP contribution in [0.2, 0.25) is 0 Å². The van der Waals surface area contributed by atoms with E-state index in [4.69, 9.17) is 5.11 Å². The third-order valence-electron chi connectivity index (χ3n) is 0.833. The summed E-state index contributed by atoms with van der Waals surface area (Å²) in [6.07, 6.45) is 0. The van der Waals surface area contributed by atoms with Crippen LogP contribution in [0.25, 0.3) is 0 Å². The van der Waals surface area contributed by atoms with Gasteiger partial charge in [0, 0.05) is 5.75 Å². The second-order valence-electron chi connectivity index (χ2n) is 1.49. The van der Waals surface area contributed by atoms with Gasteiger partial charge < -0.3 is 5.11 Å². The van der Waals surface area contributed by atoms with Crippen LogP contribution in [0.5, 0.6) is 0 Å². The van der Waals surface area contributed by atoms with Gasteiger partial charge in [0.2, 0.25) is 0 Å². The fourth-order valence-electron chi connectivity index (χ4n) is 0.322. The van der Waals surface area contributed by atoms with E-state index in [2.05, 4.69) is 23.4 Å². The van der Waals surface area contributed by atoms with Gasteiger partial charge in [-0.05, 0) is 7.47 Å². The average molecular weight is 217 g/mol. The highest BCUT2D eigenvalue weighted by Crippen LogP contribution is 2.36. The summed E-state index contributed by atoms with van der Waals surface area (Å²) >= 11 is 1.60. The van der Waals surface area contributed by atoms with Crippen molar-refractivity contribution in [2.75, 3.05) is 5.75 Å². The van der Waals surface area contributed by atoms with Gasteiger partial charge in [-0.2, -0.15) is 0 Å². The molecule has 4 unspecified atom stereocenters. The van der Waals surface area contributed by atoms with Crippen LogP contribution in [-0.4, -0.2) is 22.9 Å². The van der Waals surface area contributed by atoms with Crippen molar-refractivity contribution < 1.29 is 9.90 Å². The first-order valence-electron chi connectivity index (χ1n) is 2.48. The molecule has 0 aromatic heterocycles. The molecule has 3 nitrogen and oxygen atoms in total. The van der Waals surface area contributed by atoms with Gasteiger partial charge in [0.1, 0.15) is 6.04 Å². The average Bonchev–Trinajstić information content (AvgIpc) is 1.89. The van der Waals surface area contributed by atoms with Crippen molar-refractivity contribution in [3.63, 3.8) is 0 Å². The molecule has 2 N–H and O–H groups in total. The van der Waals surface area contributed by atoms with Crippen LogP contribution in [-0.2, 0) is 4.79 Å². The van der Waals surface area contributed by atoms with Crippen molar-refractivity contribution >= 4 is 43.1 Å². The van der Waals surface area contributed by atoms with Crippen LogP contribution in [0, 0.1) is 0 Å². The van der Waals surface area contributed by atoms with E-state index >= 15 is 0 Å². The number of carboxylic acid groups (broad SMARTS) is 1. The van der Waals surface area contributed by atoms with Gasteiger partial charge in [-0.15, -0.1) is 20.3 Å². The van der Waals surface area contributed by atoms with Crippen molar-refractivity contribution in [2.24, 2.45) is 0 Å². The molecule has 0 aliphatic heterocycles. The van der Waals surface area contributed by atoms with E-state index in [1.807, 2.05) is 0 Å². The monoisotopic (exact) mass is 217 g/mol. The van der Waals surface area contributed by atoms with Crippen molar-refractivity contribution in [1.82, 2.24) is 5.09 Å². The first-order chi connectivity index (χ1) is 4.72. The minimum Gasteiger partial charge on any atom is -0.480 e. The smallest absolute Gasteiger partial charge is 0.321 e. The lowest BCUT2D eigenvalue weighted by molar-refractivity contribution is -0.138. The Bertz CT molecular complexity index is 114. The first-order valence-corrected chi connectivity index (χ1v) is 7.58. The molecule has 0 heterocycles. The molecule has 4 atom stereocenters. The fraction of sp³-hybridized carbons (Fsp3) is 0.667. The lowest BCUT2D eigenvalue weighted by Gasteiger charge is -2.08. The summed E-state index contributed by atoms with van der Waals surface area (Å²) in [7, 11) is 5.44. The van der Waals surface area contributed by atoms with Crippen LogP contribution in [0.15, 0.2) is 0 Å². The molecule has 0 fully saturated rings. The Morgan fingerprint density at radius 1 is 1.90 bits per heavy atom. The summed E-state index contributed by atoms with van der Waals surface area (Å²) in [5, 5.41) is 11.1. The Labute approximate surface area is 70.4 Å². The molecule has 0 spiro atoms. The molecule has 60 valence electrons. The predicted octanol–water partition coefficient (Wildman–Crippen LogP) is 0.936. The van der Waals surface area contributed by atoms with E-state index in [-0.39, 0.29) is 0 Å². The van der Waals surface area contributed by atoms with E-state index in [1.54, 1.807) is 11.4 Å². The van der Waals surface area contributed by atoms with Crippen LogP contribution in [0.1, 0.15) is 0 Å². The van der Waals surface area contributed by atoms with Crippen molar-refractivity contribution in [3.8, 4) is 0 Å². The van der Waals surface area contributed by atoms with Gasteiger partial charge >= 0.3 is 5.97 Å². The van der Waals surface area contributed by atoms with E-state index in [0.29, 0.717) is 13.2 Å². The van der Waals surface area contributed by atoms with Gasteiger partial charge in [0.05, 0.1) is 0 Å². The standard InChI is InChI=1S/C3H10NO2P3S/c5-3(6)2(4-7)1-10-9-8/h2,4,9H,1,7-8H2,(H,5,6). The minimum absolute atomic E-state index is 0.442. The molecule has 0 saturated heterocycles. The number of rotatable bonds is 5. The van der Waals surface area contributed by atoms with E-state index in [9.17, 15) is 4.79 Å². The van der Waals surface area contributed by atoms with Gasteiger partial charge in [0.25, 0.3) is 0 Å². The topological polar surface area (TPSA) is 49.3 Å². The SMILES string of the molecule is O=C(O)C(CSPP)NP. The molecule has 0 aromatic carbocycles. The van der Waals surface area contributed by atoms with E-state index < -0.39 is 12.0 Å². The zero-order chi connectivity index (χ0) is 7.98. The largest absolute Gasteiger partial charge is 0.480 e. The Balaban J connectivity index is 3.50. The molecule has 0 aliphatic carbocycles. The van der Waals surface area contributed by atoms with Gasteiger partial charge in [-0.1, -0.05) is 9.39 Å². The highest BCUT2D eigenvalue weighted by atomic mass is 32.9. The zero-order valence-corrected chi connectivity index (χ0v) is 9.33. The maximum atomic E-state index is 10.3. The van der Waals surface area contributed by atoms with Crippen molar-refractivity contribution in [2.45, 2.75) is 6.04 Å². The van der Waals surface area contributed by atoms with Crippen LogP contribution < -0.4 is 5.09 Å². The Morgan fingerprint density at radius 3 is 2.80 bits per heavy atom. The summed E-state index contributed by atoms with van der Waals surface area (Å²) in [5.41, 5.74) is 0. The van der Waals surface area contributed by atoms with Crippen molar-refractivity contribution in [1.29, 1.82) is 0 Å². The summed E-state index contributed by atoms with van der Waals surface area (Å²) < 4.78 is 0. The summed E-state index contributed by atoms with van der Waals surface area (Å²) in [6, 6.07) is -0.442. The summed E-state index contributed by atoms with van der Waals surface area (Å²) in [6.45, 7) is 0. The van der Waals surface area contributed by atoms with Crippen molar-refractivity contribution in [3.05, 3.63) is 0 Å². The number of hydrogen-bond donors (Lipinski definition) is 2. The maximum absolute atomic E-state index is 10.3. The second kappa shape index (κ2) is 6.76. The Kier molecular flexibility index (Phi) is 7.48. The fourth-order valence-corrected chi connectivity index (χ4v) is 2.91. The van der Waals surface area contributed by atoms with Crippen LogP contribution in [0.3, 0.4) is 0 Å². The molecule has 0 aromatic rings. The van der Waals surface area contributed by atoms with Gasteiger partial charge in [-0.25, -0.2) is 0 Å². The summed E-state index contributed by atoms with van der Waals surface area (Å²) in [4.78, 5) is 10.3. The Hall–Kier alpha value is 1.07. The quantitative estimate of drug-likeness (QED) is 0.673. The van der Waals surface area contributed by atoms with Crippen LogP contribution in [0.4, 0.5) is 0 Å². The molecule has 10 heavy (non-hydrogen) atoms. The minimum atomic E-state index is -0.800. The molecule has 0 bridgehead atoms. The van der Waals surface area contributed by atoms with Gasteiger partial charge in [0.15, 0.2) is 0 Å². The number of nitrogens with one attached hydrogen (secondary N) is 1. The molecule has 0 radical (unpaired) electrons. The number of carbonyl (C=O) groups is 1. The molecule has 0 aliphatic rings. The van der Waals surface area contributed by atoms with Crippen LogP contribution >= 0.6 is 37.2 Å².